The highest BCUT2D eigenvalue weighted by atomic mass is 16.5. The summed E-state index contributed by atoms with van der Waals surface area (Å²) in [5.41, 5.74) is 0. The summed E-state index contributed by atoms with van der Waals surface area (Å²) < 4.78 is 6.04. The molecule has 0 fully saturated rings. The SMILES string of the molecule is CC/C=C\C/C=C\C/C=C\C/C=C\CCCCCCCCCCCCC(=O)OC(CCC/C=C\CCCCCCCCCC)CCCCCCCC(=O)NCC(=O)O. The number of rotatable bonds is 44. The maximum absolute atomic E-state index is 12.8. The molecule has 0 aliphatic heterocycles. The first-order chi connectivity index (χ1) is 28.5. The molecule has 0 rings (SSSR count). The third-order valence-electron chi connectivity index (χ3n) is 10.7. The number of ether oxygens (including phenoxy) is 1. The van der Waals surface area contributed by atoms with Crippen LogP contribution in [-0.2, 0) is 19.1 Å². The number of nitrogens with one attached hydrogen (secondary N) is 1. The van der Waals surface area contributed by atoms with E-state index in [1.807, 2.05) is 0 Å². The van der Waals surface area contributed by atoms with Crippen molar-refractivity contribution >= 4 is 17.8 Å². The highest BCUT2D eigenvalue weighted by molar-refractivity contribution is 5.80. The quantitative estimate of drug-likeness (QED) is 0.0363. The Morgan fingerprint density at radius 3 is 1.38 bits per heavy atom. The Morgan fingerprint density at radius 2 is 0.862 bits per heavy atom. The third-order valence-corrected chi connectivity index (χ3v) is 10.7. The Kier molecular flexibility index (Phi) is 44.5. The molecule has 1 atom stereocenters. The van der Waals surface area contributed by atoms with Gasteiger partial charge in [0.1, 0.15) is 12.6 Å². The van der Waals surface area contributed by atoms with Gasteiger partial charge in [-0.15, -0.1) is 0 Å². The van der Waals surface area contributed by atoms with Crippen LogP contribution in [0.2, 0.25) is 0 Å². The molecule has 1 unspecified atom stereocenters. The normalized spacial score (nSPS) is 12.6. The number of allylic oxidation sites excluding steroid dienone is 10. The molecule has 0 aromatic heterocycles. The number of carboxylic acids is 1. The van der Waals surface area contributed by atoms with Gasteiger partial charge in [0.15, 0.2) is 0 Å². The van der Waals surface area contributed by atoms with Crippen LogP contribution in [0, 0.1) is 0 Å². The first-order valence-corrected chi connectivity index (χ1v) is 24.4. The standard InChI is InChI=1S/C52H91NO5/c1-3-5-7-9-11-13-15-17-18-19-20-21-22-23-24-25-26-28-30-32-34-39-43-47-52(57)58-49(45-41-37-35-38-42-46-50(54)53-48-51(55)56)44-40-36-33-31-29-27-16-14-12-10-8-6-4-2/h5,7,11,13,17-18,20-21,31,33,49H,3-4,6,8-10,12,14-16,19,22-30,32,34-48H2,1-2H3,(H,53,54)(H,55,56)/b7-5-,13-11-,18-17-,21-20-,33-31-. The minimum Gasteiger partial charge on any atom is -0.480 e. The molecule has 0 saturated carbocycles. The molecule has 0 aromatic rings. The topological polar surface area (TPSA) is 92.7 Å². The lowest BCUT2D eigenvalue weighted by molar-refractivity contribution is -0.150. The second-order valence-corrected chi connectivity index (χ2v) is 16.3. The van der Waals surface area contributed by atoms with Crippen molar-refractivity contribution in [2.45, 2.75) is 245 Å². The van der Waals surface area contributed by atoms with E-state index >= 15 is 0 Å². The van der Waals surface area contributed by atoms with Crippen molar-refractivity contribution in [3.05, 3.63) is 60.8 Å². The first-order valence-electron chi connectivity index (χ1n) is 24.4. The van der Waals surface area contributed by atoms with Gasteiger partial charge in [-0.2, -0.15) is 0 Å². The van der Waals surface area contributed by atoms with Gasteiger partial charge in [0.05, 0.1) is 0 Å². The van der Waals surface area contributed by atoms with E-state index in [0.29, 0.717) is 12.8 Å². The van der Waals surface area contributed by atoms with Gasteiger partial charge in [-0.3, -0.25) is 14.4 Å². The summed E-state index contributed by atoms with van der Waals surface area (Å²) >= 11 is 0. The molecule has 0 spiro atoms. The number of carbonyl (C=O) groups is 3. The molecule has 0 saturated heterocycles. The summed E-state index contributed by atoms with van der Waals surface area (Å²) in [5.74, 6) is -1.25. The zero-order chi connectivity index (χ0) is 42.3. The van der Waals surface area contributed by atoms with Crippen molar-refractivity contribution in [1.82, 2.24) is 5.32 Å². The number of unbranched alkanes of at least 4 members (excludes halogenated alkanes) is 23. The van der Waals surface area contributed by atoms with Gasteiger partial charge < -0.3 is 15.2 Å². The average Bonchev–Trinajstić information content (AvgIpc) is 3.21. The van der Waals surface area contributed by atoms with Gasteiger partial charge in [0, 0.05) is 12.8 Å². The highest BCUT2D eigenvalue weighted by Crippen LogP contribution is 2.18. The smallest absolute Gasteiger partial charge is 0.322 e. The van der Waals surface area contributed by atoms with Crippen LogP contribution >= 0.6 is 0 Å². The van der Waals surface area contributed by atoms with Gasteiger partial charge in [0.25, 0.3) is 0 Å². The number of carboxylic acid groups (broad SMARTS) is 1. The maximum atomic E-state index is 12.8. The van der Waals surface area contributed by atoms with Gasteiger partial charge in [0.2, 0.25) is 5.91 Å². The van der Waals surface area contributed by atoms with Crippen LogP contribution in [0.4, 0.5) is 0 Å². The van der Waals surface area contributed by atoms with Crippen molar-refractivity contribution in [3.63, 3.8) is 0 Å². The van der Waals surface area contributed by atoms with E-state index in [2.05, 4.69) is 79.9 Å². The molecule has 334 valence electrons. The van der Waals surface area contributed by atoms with E-state index in [4.69, 9.17) is 9.84 Å². The Hall–Kier alpha value is -2.89. The second-order valence-electron chi connectivity index (χ2n) is 16.3. The molecular formula is C52H91NO5. The Balaban J connectivity index is 4.11. The van der Waals surface area contributed by atoms with Crippen LogP contribution in [0.25, 0.3) is 0 Å². The molecule has 0 radical (unpaired) electrons. The molecule has 6 heteroatoms. The summed E-state index contributed by atoms with van der Waals surface area (Å²) in [6.07, 6.45) is 62.2. The summed E-state index contributed by atoms with van der Waals surface area (Å²) in [4.78, 5) is 35.1. The Labute approximate surface area is 358 Å². The van der Waals surface area contributed by atoms with Crippen molar-refractivity contribution in [2.75, 3.05) is 6.54 Å². The summed E-state index contributed by atoms with van der Waals surface area (Å²) in [6.45, 7) is 4.12. The van der Waals surface area contributed by atoms with E-state index in [1.54, 1.807) is 0 Å². The van der Waals surface area contributed by atoms with E-state index in [-0.39, 0.29) is 24.5 Å². The van der Waals surface area contributed by atoms with Crippen molar-refractivity contribution in [2.24, 2.45) is 0 Å². The number of carbonyl (C=O) groups excluding carboxylic acids is 2. The van der Waals surface area contributed by atoms with E-state index < -0.39 is 5.97 Å². The second kappa shape index (κ2) is 46.8. The van der Waals surface area contributed by atoms with Crippen molar-refractivity contribution in [1.29, 1.82) is 0 Å². The van der Waals surface area contributed by atoms with Crippen LogP contribution in [0.1, 0.15) is 239 Å². The third kappa shape index (κ3) is 45.8. The molecule has 0 aromatic carbocycles. The minimum atomic E-state index is -1.02. The fraction of sp³-hybridized carbons (Fsp3) is 0.750. The Morgan fingerprint density at radius 1 is 0.466 bits per heavy atom. The molecule has 2 N–H and O–H groups in total. The molecule has 0 aliphatic rings. The van der Waals surface area contributed by atoms with Crippen LogP contribution in [0.5, 0.6) is 0 Å². The summed E-state index contributed by atoms with van der Waals surface area (Å²) in [7, 11) is 0. The largest absolute Gasteiger partial charge is 0.480 e. The van der Waals surface area contributed by atoms with Gasteiger partial charge in [-0.1, -0.05) is 190 Å². The lowest BCUT2D eigenvalue weighted by Crippen LogP contribution is -2.28. The van der Waals surface area contributed by atoms with Gasteiger partial charge >= 0.3 is 11.9 Å². The lowest BCUT2D eigenvalue weighted by Gasteiger charge is -2.18. The zero-order valence-electron chi connectivity index (χ0n) is 37.9. The number of amides is 1. The molecule has 0 heterocycles. The van der Waals surface area contributed by atoms with Crippen LogP contribution in [0.15, 0.2) is 60.8 Å². The van der Waals surface area contributed by atoms with Gasteiger partial charge in [-0.25, -0.2) is 0 Å². The molecule has 6 nitrogen and oxygen atoms in total. The fourth-order valence-corrected chi connectivity index (χ4v) is 7.10. The predicted octanol–water partition coefficient (Wildman–Crippen LogP) is 15.6. The monoisotopic (exact) mass is 810 g/mol. The van der Waals surface area contributed by atoms with Crippen LogP contribution in [0.3, 0.4) is 0 Å². The van der Waals surface area contributed by atoms with Crippen LogP contribution < -0.4 is 5.32 Å². The maximum Gasteiger partial charge on any atom is 0.322 e. The first kappa shape index (κ1) is 55.1. The van der Waals surface area contributed by atoms with Gasteiger partial charge in [-0.05, 0) is 96.3 Å². The average molecular weight is 810 g/mol. The summed E-state index contributed by atoms with van der Waals surface area (Å²) in [5, 5.41) is 11.1. The number of hydrogen-bond acceptors (Lipinski definition) is 4. The van der Waals surface area contributed by atoms with Crippen molar-refractivity contribution < 1.29 is 24.2 Å². The number of hydrogen-bond donors (Lipinski definition) is 2. The highest BCUT2D eigenvalue weighted by Gasteiger charge is 2.14. The summed E-state index contributed by atoms with van der Waals surface area (Å²) in [6, 6.07) is 0. The lowest BCUT2D eigenvalue weighted by atomic mass is 10.0. The van der Waals surface area contributed by atoms with E-state index in [1.165, 1.54) is 116 Å². The van der Waals surface area contributed by atoms with Crippen LogP contribution in [-0.4, -0.2) is 35.6 Å². The molecule has 0 aliphatic carbocycles. The van der Waals surface area contributed by atoms with E-state index in [0.717, 1.165) is 96.3 Å². The minimum absolute atomic E-state index is 0.00989. The Bertz CT molecular complexity index is 1070. The molecule has 1 amide bonds. The predicted molar refractivity (Wildman–Crippen MR) is 249 cm³/mol. The zero-order valence-corrected chi connectivity index (χ0v) is 37.9. The molecule has 58 heavy (non-hydrogen) atoms. The molecule has 0 bridgehead atoms. The fourth-order valence-electron chi connectivity index (χ4n) is 7.10. The number of esters is 1. The number of aliphatic carboxylic acids is 1. The van der Waals surface area contributed by atoms with Crippen molar-refractivity contribution in [3.8, 4) is 0 Å². The van der Waals surface area contributed by atoms with E-state index in [9.17, 15) is 14.4 Å². The molecular weight excluding hydrogens is 719 g/mol.